The summed E-state index contributed by atoms with van der Waals surface area (Å²) in [5.41, 5.74) is 1.89. The molecule has 2 amide bonds. The quantitative estimate of drug-likeness (QED) is 0.540. The molecule has 3 rings (SSSR count). The number of nitrogens with one attached hydrogen (secondary N) is 3. The molecule has 168 valence electrons. The number of rotatable bonds is 8. The van der Waals surface area contributed by atoms with Gasteiger partial charge in [-0.05, 0) is 42.7 Å². The number of urea groups is 1. The lowest BCUT2D eigenvalue weighted by atomic mass is 9.95. The largest absolute Gasteiger partial charge is 0.486 e. The van der Waals surface area contributed by atoms with Gasteiger partial charge in [-0.1, -0.05) is 37.6 Å². The van der Waals surface area contributed by atoms with Crippen LogP contribution in [0.5, 0.6) is 11.5 Å². The number of carbonyl (C=O) groups is 1. The molecular formula is C22H29N3O5S. The summed E-state index contributed by atoms with van der Waals surface area (Å²) >= 11 is 0. The Balaban J connectivity index is 1.52. The monoisotopic (exact) mass is 447 g/mol. The third kappa shape index (κ3) is 6.11. The van der Waals surface area contributed by atoms with E-state index in [0.717, 1.165) is 11.1 Å². The molecule has 0 bridgehead atoms. The molecule has 0 saturated heterocycles. The molecule has 9 heteroatoms. The van der Waals surface area contributed by atoms with Crippen molar-refractivity contribution < 1.29 is 22.7 Å². The van der Waals surface area contributed by atoms with Crippen molar-refractivity contribution in [1.29, 1.82) is 0 Å². The van der Waals surface area contributed by atoms with Crippen LogP contribution in [-0.4, -0.2) is 40.8 Å². The molecule has 3 N–H and O–H groups in total. The van der Waals surface area contributed by atoms with Gasteiger partial charge in [0.1, 0.15) is 13.2 Å². The van der Waals surface area contributed by atoms with E-state index < -0.39 is 10.0 Å². The van der Waals surface area contributed by atoms with Crippen molar-refractivity contribution in [3.63, 3.8) is 0 Å². The summed E-state index contributed by atoms with van der Waals surface area (Å²) in [5, 5.41) is 5.65. The summed E-state index contributed by atoms with van der Waals surface area (Å²) in [6.07, 6.45) is 0. The predicted octanol–water partition coefficient (Wildman–Crippen LogP) is 2.74. The molecule has 1 aliphatic heterocycles. The third-order valence-electron chi connectivity index (χ3n) is 4.91. The first-order valence-corrected chi connectivity index (χ1v) is 11.7. The molecule has 0 aromatic heterocycles. The number of fused-ring (bicyclic) bond motifs is 1. The zero-order valence-corrected chi connectivity index (χ0v) is 18.8. The summed E-state index contributed by atoms with van der Waals surface area (Å²) in [6, 6.07) is 11.6. The smallest absolute Gasteiger partial charge is 0.315 e. The van der Waals surface area contributed by atoms with E-state index in [2.05, 4.69) is 15.4 Å². The zero-order valence-electron chi connectivity index (χ0n) is 18.0. The van der Waals surface area contributed by atoms with E-state index in [9.17, 15) is 13.2 Å². The topological polar surface area (TPSA) is 106 Å². The molecule has 31 heavy (non-hydrogen) atoms. The van der Waals surface area contributed by atoms with E-state index in [0.29, 0.717) is 24.7 Å². The van der Waals surface area contributed by atoms with Crippen molar-refractivity contribution in [1.82, 2.24) is 15.4 Å². The summed E-state index contributed by atoms with van der Waals surface area (Å²) < 4.78 is 38.3. The Kier molecular flexibility index (Phi) is 7.40. The second-order valence-corrected chi connectivity index (χ2v) is 9.50. The average molecular weight is 448 g/mol. The third-order valence-corrected chi connectivity index (χ3v) is 6.39. The Morgan fingerprint density at radius 3 is 2.35 bits per heavy atom. The van der Waals surface area contributed by atoms with Gasteiger partial charge in [0.2, 0.25) is 10.0 Å². The highest BCUT2D eigenvalue weighted by atomic mass is 32.2. The van der Waals surface area contributed by atoms with E-state index in [1.165, 1.54) is 0 Å². The Morgan fingerprint density at radius 1 is 1.00 bits per heavy atom. The number of aryl methyl sites for hydroxylation is 1. The van der Waals surface area contributed by atoms with Crippen molar-refractivity contribution in [3.05, 3.63) is 53.6 Å². The van der Waals surface area contributed by atoms with Crippen LogP contribution in [0.1, 0.15) is 31.0 Å². The second kappa shape index (κ2) is 10.0. The van der Waals surface area contributed by atoms with Gasteiger partial charge in [0.05, 0.1) is 10.9 Å². The molecule has 1 atom stereocenters. The molecule has 0 saturated carbocycles. The normalized spacial score (nSPS) is 14.2. The van der Waals surface area contributed by atoms with E-state index in [1.807, 2.05) is 39.0 Å². The van der Waals surface area contributed by atoms with Crippen molar-refractivity contribution >= 4 is 16.1 Å². The molecule has 0 fully saturated rings. The van der Waals surface area contributed by atoms with E-state index >= 15 is 0 Å². The Hall–Kier alpha value is -2.78. The fourth-order valence-corrected chi connectivity index (χ4v) is 4.27. The van der Waals surface area contributed by atoms with Gasteiger partial charge in [-0.15, -0.1) is 0 Å². The number of hydrogen-bond donors (Lipinski definition) is 3. The minimum absolute atomic E-state index is 0.0833. The SMILES string of the molecule is Cc1ccc(S(=O)(=O)NCCNC(=O)NC(c2ccc3c(c2)OCCO3)C(C)C)cc1. The van der Waals surface area contributed by atoms with Gasteiger partial charge in [0.25, 0.3) is 0 Å². The highest BCUT2D eigenvalue weighted by molar-refractivity contribution is 7.89. The summed E-state index contributed by atoms with van der Waals surface area (Å²) in [7, 11) is -3.61. The number of ether oxygens (including phenoxy) is 2. The zero-order chi connectivity index (χ0) is 22.4. The fraction of sp³-hybridized carbons (Fsp3) is 0.409. The van der Waals surface area contributed by atoms with Crippen molar-refractivity contribution in [2.75, 3.05) is 26.3 Å². The highest BCUT2D eigenvalue weighted by Gasteiger charge is 2.21. The molecule has 0 spiro atoms. The second-order valence-electron chi connectivity index (χ2n) is 7.74. The molecule has 2 aromatic rings. The van der Waals surface area contributed by atoms with E-state index in [1.54, 1.807) is 24.3 Å². The molecular weight excluding hydrogens is 418 g/mol. The van der Waals surface area contributed by atoms with Gasteiger partial charge >= 0.3 is 6.03 Å². The lowest BCUT2D eigenvalue weighted by Gasteiger charge is -2.25. The fourth-order valence-electron chi connectivity index (χ4n) is 3.24. The molecule has 1 aliphatic rings. The maximum absolute atomic E-state index is 12.4. The van der Waals surface area contributed by atoms with Gasteiger partial charge in [-0.3, -0.25) is 0 Å². The Morgan fingerprint density at radius 2 is 1.68 bits per heavy atom. The Bertz CT molecular complexity index is 1010. The van der Waals surface area contributed by atoms with Crippen LogP contribution >= 0.6 is 0 Å². The maximum atomic E-state index is 12.4. The highest BCUT2D eigenvalue weighted by Crippen LogP contribution is 2.34. The van der Waals surface area contributed by atoms with Crippen molar-refractivity contribution in [2.45, 2.75) is 31.7 Å². The minimum atomic E-state index is -3.61. The number of carbonyl (C=O) groups excluding carboxylic acids is 1. The first kappa shape index (κ1) is 22.9. The van der Waals surface area contributed by atoms with Crippen LogP contribution in [0.15, 0.2) is 47.4 Å². The van der Waals surface area contributed by atoms with E-state index in [-0.39, 0.29) is 36.0 Å². The average Bonchev–Trinajstić information content (AvgIpc) is 2.75. The molecule has 1 heterocycles. The van der Waals surface area contributed by atoms with Gasteiger partial charge in [0, 0.05) is 13.1 Å². The van der Waals surface area contributed by atoms with E-state index in [4.69, 9.17) is 9.47 Å². The molecule has 1 unspecified atom stereocenters. The van der Waals surface area contributed by atoms with Crippen LogP contribution in [0.25, 0.3) is 0 Å². The predicted molar refractivity (Wildman–Crippen MR) is 118 cm³/mol. The number of amides is 2. The number of hydrogen-bond acceptors (Lipinski definition) is 5. The van der Waals surface area contributed by atoms with Crippen molar-refractivity contribution in [3.8, 4) is 11.5 Å². The molecule has 2 aromatic carbocycles. The van der Waals surface area contributed by atoms with Gasteiger partial charge < -0.3 is 20.1 Å². The lowest BCUT2D eigenvalue weighted by Crippen LogP contribution is -2.42. The first-order chi connectivity index (χ1) is 14.8. The van der Waals surface area contributed by atoms with Crippen LogP contribution in [0.3, 0.4) is 0 Å². The van der Waals surface area contributed by atoms with Gasteiger partial charge in [0.15, 0.2) is 11.5 Å². The van der Waals surface area contributed by atoms with Crippen LogP contribution in [0, 0.1) is 12.8 Å². The van der Waals surface area contributed by atoms with Crippen LogP contribution < -0.4 is 24.8 Å². The summed E-state index contributed by atoms with van der Waals surface area (Å²) in [4.78, 5) is 12.6. The standard InChI is InChI=1S/C22H29N3O5S/c1-15(2)21(17-6-9-19-20(14-17)30-13-12-29-19)25-22(26)23-10-11-24-31(27,28)18-7-4-16(3)5-8-18/h4-9,14-15,21,24H,10-13H2,1-3H3,(H2,23,25,26). The summed E-state index contributed by atoms with van der Waals surface area (Å²) in [6.45, 7) is 7.17. The molecule has 0 radical (unpaired) electrons. The van der Waals surface area contributed by atoms with Crippen LogP contribution in [-0.2, 0) is 10.0 Å². The minimum Gasteiger partial charge on any atom is -0.486 e. The van der Waals surface area contributed by atoms with Crippen molar-refractivity contribution in [2.24, 2.45) is 5.92 Å². The maximum Gasteiger partial charge on any atom is 0.315 e. The summed E-state index contributed by atoms with van der Waals surface area (Å²) in [5.74, 6) is 1.50. The number of sulfonamides is 1. The number of benzene rings is 2. The molecule has 8 nitrogen and oxygen atoms in total. The first-order valence-electron chi connectivity index (χ1n) is 10.3. The lowest BCUT2D eigenvalue weighted by molar-refractivity contribution is 0.171. The molecule has 0 aliphatic carbocycles. The van der Waals surface area contributed by atoms with Gasteiger partial charge in [-0.25, -0.2) is 17.9 Å². The van der Waals surface area contributed by atoms with Crippen LogP contribution in [0.4, 0.5) is 4.79 Å². The van der Waals surface area contributed by atoms with Crippen LogP contribution in [0.2, 0.25) is 0 Å². The van der Waals surface area contributed by atoms with Gasteiger partial charge in [-0.2, -0.15) is 0 Å². The Labute approximate surface area is 183 Å².